The molecule has 11 nitrogen and oxygen atoms in total. The van der Waals surface area contributed by atoms with E-state index in [-0.39, 0.29) is 24.5 Å². The number of likely N-dealkylation sites (N-methyl/N-ethyl adjacent to an activating group) is 1. The summed E-state index contributed by atoms with van der Waals surface area (Å²) in [6, 6.07) is 11.4. The van der Waals surface area contributed by atoms with Crippen LogP contribution < -0.4 is 25.2 Å². The maximum atomic E-state index is 12.8. The minimum atomic E-state index is -4.96. The Kier molecular flexibility index (Phi) is 9.85. The Hall–Kier alpha value is -4.27. The van der Waals surface area contributed by atoms with E-state index in [0.29, 0.717) is 29.0 Å². The first-order chi connectivity index (χ1) is 21.5. The van der Waals surface area contributed by atoms with Crippen LogP contribution in [0, 0.1) is 0 Å². The van der Waals surface area contributed by atoms with E-state index in [4.69, 9.17) is 0 Å². The molecule has 2 fully saturated rings. The van der Waals surface area contributed by atoms with E-state index in [1.165, 1.54) is 75.3 Å². The van der Waals surface area contributed by atoms with E-state index in [2.05, 4.69) is 42.2 Å². The molecule has 0 saturated carbocycles. The maximum Gasteiger partial charge on any atom is 0.573 e. The van der Waals surface area contributed by atoms with Crippen LogP contribution in [0.25, 0.3) is 0 Å². The summed E-state index contributed by atoms with van der Waals surface area (Å²) >= 11 is 0. The average Bonchev–Trinajstić information content (AvgIpc) is 3.11. The summed E-state index contributed by atoms with van der Waals surface area (Å²) < 4.78 is 42.5. The number of alkyl halides is 3. The Balaban J connectivity index is 0.000000287. The number of aldehydes is 1. The van der Waals surface area contributed by atoms with Crippen molar-refractivity contribution in [3.63, 3.8) is 0 Å². The van der Waals surface area contributed by atoms with Crippen molar-refractivity contribution in [1.29, 1.82) is 0 Å². The highest BCUT2D eigenvalue weighted by Gasteiger charge is 2.33. The summed E-state index contributed by atoms with van der Waals surface area (Å²) in [5.74, 6) is -0.514. The number of aromatic nitrogens is 2. The van der Waals surface area contributed by atoms with Crippen molar-refractivity contribution in [1.82, 2.24) is 25.1 Å². The number of amides is 1. The molecule has 0 radical (unpaired) electrons. The molecule has 242 valence electrons. The first kappa shape index (κ1) is 32.1. The number of halogens is 3. The van der Waals surface area contributed by atoms with Gasteiger partial charge in [-0.2, -0.15) is 4.98 Å². The standard InChI is InChI=1S/C21H16F3N5O3.C10H21N3.H2/c1-28-15-6-4-3-5-13(15)19(31)29(2)16-10-25-20(27-18(16)28)26-14-8-7-12(11-30)9-17(14)32-21(22,23)24;1-12-6-8-13(9-7-12)10-2-4-11-5-3-10;/h3-11H,1-2H3,(H,25,26,27);10-11H,2-9H2,1H3;1H. The van der Waals surface area contributed by atoms with Gasteiger partial charge in [0.15, 0.2) is 11.6 Å². The lowest BCUT2D eigenvalue weighted by Crippen LogP contribution is -2.51. The van der Waals surface area contributed by atoms with Crippen molar-refractivity contribution < 1.29 is 28.9 Å². The molecule has 3 aliphatic rings. The van der Waals surface area contributed by atoms with Gasteiger partial charge in [-0.05, 0) is 63.3 Å². The first-order valence-corrected chi connectivity index (χ1v) is 14.8. The SMILES string of the molecule is CN1C(=O)c2ccccc2N(C)c2nc(Nc3ccc(C=O)cc3OC(F)(F)F)ncc21.CN1CCN(C2CCNCC2)CC1.[HH]. The third-order valence-corrected chi connectivity index (χ3v) is 8.21. The van der Waals surface area contributed by atoms with Gasteiger partial charge >= 0.3 is 6.36 Å². The number of carbonyl (C=O) groups excluding carboxylic acids is 2. The van der Waals surface area contributed by atoms with Gasteiger partial charge in [-0.3, -0.25) is 14.5 Å². The van der Waals surface area contributed by atoms with Crippen LogP contribution in [0.4, 0.5) is 42.0 Å². The number of fused-ring (bicyclic) bond motifs is 2. The molecule has 14 heteroatoms. The van der Waals surface area contributed by atoms with Crippen LogP contribution in [-0.4, -0.2) is 105 Å². The summed E-state index contributed by atoms with van der Waals surface area (Å²) in [5, 5.41) is 6.12. The normalized spacial score (nSPS) is 17.9. The fourth-order valence-electron chi connectivity index (χ4n) is 5.67. The zero-order valence-corrected chi connectivity index (χ0v) is 25.5. The second-order valence-corrected chi connectivity index (χ2v) is 11.2. The largest absolute Gasteiger partial charge is 0.573 e. The predicted octanol–water partition coefficient (Wildman–Crippen LogP) is 4.52. The fraction of sp³-hybridized carbons (Fsp3) is 0.419. The average molecular weight is 629 g/mol. The number of nitrogens with zero attached hydrogens (tertiary/aromatic N) is 6. The van der Waals surface area contributed by atoms with Gasteiger partial charge in [-0.15, -0.1) is 13.2 Å². The van der Waals surface area contributed by atoms with Crippen LogP contribution in [0.15, 0.2) is 48.7 Å². The second kappa shape index (κ2) is 13.8. The molecule has 0 unspecified atom stereocenters. The van der Waals surface area contributed by atoms with E-state index in [9.17, 15) is 22.8 Å². The Morgan fingerprint density at radius 3 is 2.40 bits per heavy atom. The van der Waals surface area contributed by atoms with Gasteiger partial charge < -0.3 is 30.1 Å². The lowest BCUT2D eigenvalue weighted by atomic mass is 10.0. The molecule has 0 aliphatic carbocycles. The molecule has 2 aromatic carbocycles. The number of ether oxygens (including phenoxy) is 1. The number of hydrogen-bond donors (Lipinski definition) is 2. The number of anilines is 5. The number of para-hydroxylation sites is 1. The van der Waals surface area contributed by atoms with Gasteiger partial charge in [0, 0.05) is 53.3 Å². The third kappa shape index (κ3) is 7.70. The first-order valence-electron chi connectivity index (χ1n) is 14.8. The molecule has 1 aromatic heterocycles. The van der Waals surface area contributed by atoms with Crippen molar-refractivity contribution in [3.8, 4) is 5.75 Å². The quantitative estimate of drug-likeness (QED) is 0.392. The molecular formula is C31H39F3N8O3. The number of carbonyl (C=O) groups is 2. The zero-order valence-electron chi connectivity index (χ0n) is 25.5. The van der Waals surface area contributed by atoms with E-state index in [1.807, 2.05) is 0 Å². The molecule has 0 bridgehead atoms. The minimum absolute atomic E-state index is 0. The van der Waals surface area contributed by atoms with Crippen molar-refractivity contribution in [2.45, 2.75) is 25.2 Å². The Morgan fingerprint density at radius 2 is 1.71 bits per heavy atom. The smallest absolute Gasteiger partial charge is 0.404 e. The van der Waals surface area contributed by atoms with Gasteiger partial charge in [0.05, 0.1) is 23.1 Å². The highest BCUT2D eigenvalue weighted by Crippen LogP contribution is 2.39. The van der Waals surface area contributed by atoms with Gasteiger partial charge in [0.2, 0.25) is 5.95 Å². The summed E-state index contributed by atoms with van der Waals surface area (Å²) in [5.41, 5.74) is 1.42. The molecule has 0 atom stereocenters. The Morgan fingerprint density at radius 1 is 1.00 bits per heavy atom. The van der Waals surface area contributed by atoms with Gasteiger partial charge in [-0.25, -0.2) is 4.98 Å². The second-order valence-electron chi connectivity index (χ2n) is 11.2. The summed E-state index contributed by atoms with van der Waals surface area (Å²) in [4.78, 5) is 40.6. The van der Waals surface area contributed by atoms with E-state index >= 15 is 0 Å². The van der Waals surface area contributed by atoms with Gasteiger partial charge in [-0.1, -0.05) is 12.1 Å². The molecule has 45 heavy (non-hydrogen) atoms. The maximum absolute atomic E-state index is 12.8. The number of benzene rings is 2. The van der Waals surface area contributed by atoms with Crippen molar-refractivity contribution in [2.75, 3.05) is 75.5 Å². The van der Waals surface area contributed by atoms with Crippen LogP contribution in [0.3, 0.4) is 0 Å². The lowest BCUT2D eigenvalue weighted by molar-refractivity contribution is -0.274. The molecule has 2 saturated heterocycles. The van der Waals surface area contributed by atoms with Gasteiger partial charge in [0.25, 0.3) is 5.91 Å². The molecule has 1 amide bonds. The number of piperazine rings is 1. The van der Waals surface area contributed by atoms with Crippen LogP contribution in [0.5, 0.6) is 5.75 Å². The highest BCUT2D eigenvalue weighted by atomic mass is 19.4. The van der Waals surface area contributed by atoms with E-state index in [1.54, 1.807) is 43.3 Å². The number of nitrogens with one attached hydrogen (secondary N) is 2. The molecule has 4 heterocycles. The van der Waals surface area contributed by atoms with Crippen molar-refractivity contribution >= 4 is 41.0 Å². The zero-order chi connectivity index (χ0) is 32.1. The Bertz CT molecular complexity index is 1510. The fourth-order valence-corrected chi connectivity index (χ4v) is 5.67. The monoisotopic (exact) mass is 628 g/mol. The lowest BCUT2D eigenvalue weighted by Gasteiger charge is -2.39. The Labute approximate surface area is 261 Å². The molecule has 2 N–H and O–H groups in total. The van der Waals surface area contributed by atoms with Crippen LogP contribution in [-0.2, 0) is 0 Å². The van der Waals surface area contributed by atoms with Crippen LogP contribution in [0.2, 0.25) is 0 Å². The minimum Gasteiger partial charge on any atom is -0.404 e. The third-order valence-electron chi connectivity index (χ3n) is 8.21. The van der Waals surface area contributed by atoms with Crippen molar-refractivity contribution in [3.05, 3.63) is 59.8 Å². The predicted molar refractivity (Wildman–Crippen MR) is 168 cm³/mol. The van der Waals surface area contributed by atoms with Gasteiger partial charge in [0.1, 0.15) is 12.0 Å². The topological polar surface area (TPSA) is 106 Å². The van der Waals surface area contributed by atoms with E-state index in [0.717, 1.165) is 12.1 Å². The highest BCUT2D eigenvalue weighted by molar-refractivity contribution is 6.13. The molecule has 0 spiro atoms. The summed E-state index contributed by atoms with van der Waals surface area (Å²) in [6.45, 7) is 7.50. The molecule has 6 rings (SSSR count). The number of rotatable bonds is 5. The van der Waals surface area contributed by atoms with Crippen molar-refractivity contribution in [2.24, 2.45) is 0 Å². The van der Waals surface area contributed by atoms with E-state index < -0.39 is 12.1 Å². The summed E-state index contributed by atoms with van der Waals surface area (Å²) in [6.07, 6.45) is -0.451. The molecule has 3 aromatic rings. The number of hydrogen-bond acceptors (Lipinski definition) is 10. The summed E-state index contributed by atoms with van der Waals surface area (Å²) in [7, 11) is 5.53. The number of piperidine rings is 1. The van der Waals surface area contributed by atoms with Crippen LogP contribution >= 0.6 is 0 Å². The molecular weight excluding hydrogens is 589 g/mol. The molecule has 3 aliphatic heterocycles. The van der Waals surface area contributed by atoms with Crippen LogP contribution in [0.1, 0.15) is 35.0 Å².